The van der Waals surface area contributed by atoms with Gasteiger partial charge < -0.3 is 5.73 Å². The molecule has 0 aliphatic heterocycles. The summed E-state index contributed by atoms with van der Waals surface area (Å²) in [5.74, 6) is -1.39. The Kier molecular flexibility index (Phi) is 2.66. The van der Waals surface area contributed by atoms with E-state index in [2.05, 4.69) is 26.1 Å². The van der Waals surface area contributed by atoms with Crippen LogP contribution in [-0.4, -0.2) is 10.2 Å². The summed E-state index contributed by atoms with van der Waals surface area (Å²) in [5, 5.41) is 7.39. The molecule has 0 saturated carbocycles. The molecule has 0 amide bonds. The summed E-state index contributed by atoms with van der Waals surface area (Å²) in [4.78, 5) is 0. The highest BCUT2D eigenvalue weighted by molar-refractivity contribution is 9.10. The van der Waals surface area contributed by atoms with Gasteiger partial charge in [-0.2, -0.15) is 0 Å². The Labute approximate surface area is 96.1 Å². The van der Waals surface area contributed by atoms with E-state index in [1.54, 1.807) is 0 Å². The third-order valence-electron chi connectivity index (χ3n) is 1.66. The Morgan fingerprint density at radius 2 is 1.80 bits per heavy atom. The lowest BCUT2D eigenvalue weighted by atomic mass is 10.2. The summed E-state index contributed by atoms with van der Waals surface area (Å²) >= 11 is 3.92. The van der Waals surface area contributed by atoms with Crippen LogP contribution in [0.1, 0.15) is 0 Å². The zero-order chi connectivity index (χ0) is 11.0. The molecule has 1 heterocycles. The number of hydrogen-bond acceptors (Lipinski definition) is 4. The second-order valence-corrected chi connectivity index (χ2v) is 4.61. The number of nitrogens with zero attached hydrogens (tertiary/aromatic N) is 2. The van der Waals surface area contributed by atoms with Crippen LogP contribution in [0.15, 0.2) is 16.6 Å². The maximum absolute atomic E-state index is 13.4. The van der Waals surface area contributed by atoms with Gasteiger partial charge in [-0.05, 0) is 12.1 Å². The lowest BCUT2D eigenvalue weighted by Crippen LogP contribution is -1.90. The largest absolute Gasteiger partial charge is 0.374 e. The van der Waals surface area contributed by atoms with Crippen molar-refractivity contribution >= 4 is 32.4 Å². The van der Waals surface area contributed by atoms with E-state index in [0.29, 0.717) is 4.47 Å². The van der Waals surface area contributed by atoms with Crippen LogP contribution in [0, 0.1) is 11.6 Å². The molecule has 2 aromatic rings. The normalized spacial score (nSPS) is 10.6. The second-order valence-electron chi connectivity index (χ2n) is 2.69. The van der Waals surface area contributed by atoms with E-state index in [4.69, 9.17) is 5.73 Å². The van der Waals surface area contributed by atoms with Gasteiger partial charge in [-0.3, -0.25) is 0 Å². The topological polar surface area (TPSA) is 51.8 Å². The molecule has 0 fully saturated rings. The van der Waals surface area contributed by atoms with E-state index in [1.807, 2.05) is 0 Å². The standard InChI is InChI=1S/C8H4BrF2N3S/c9-3-1-4(10)6(5(11)2-3)7-13-14-8(12)15-7/h1-2H,(H2,12,14). The molecule has 3 nitrogen and oxygen atoms in total. The quantitative estimate of drug-likeness (QED) is 0.879. The maximum atomic E-state index is 13.4. The Balaban J connectivity index is 2.62. The number of hydrogen-bond donors (Lipinski definition) is 1. The van der Waals surface area contributed by atoms with E-state index >= 15 is 0 Å². The monoisotopic (exact) mass is 291 g/mol. The first kappa shape index (κ1) is 10.4. The van der Waals surface area contributed by atoms with Crippen LogP contribution >= 0.6 is 27.3 Å². The van der Waals surface area contributed by atoms with Crippen LogP contribution in [0.2, 0.25) is 0 Å². The Morgan fingerprint density at radius 1 is 1.20 bits per heavy atom. The van der Waals surface area contributed by atoms with Gasteiger partial charge in [0, 0.05) is 4.47 Å². The highest BCUT2D eigenvalue weighted by Crippen LogP contribution is 2.31. The highest BCUT2D eigenvalue weighted by atomic mass is 79.9. The zero-order valence-electron chi connectivity index (χ0n) is 7.17. The summed E-state index contributed by atoms with van der Waals surface area (Å²) < 4.78 is 27.2. The van der Waals surface area contributed by atoms with Gasteiger partial charge in [0.2, 0.25) is 5.13 Å². The van der Waals surface area contributed by atoms with Crippen molar-refractivity contribution in [2.24, 2.45) is 0 Å². The minimum atomic E-state index is -0.696. The van der Waals surface area contributed by atoms with E-state index in [-0.39, 0.29) is 15.7 Å². The first-order valence-electron chi connectivity index (χ1n) is 3.82. The van der Waals surface area contributed by atoms with Crippen molar-refractivity contribution in [1.82, 2.24) is 10.2 Å². The van der Waals surface area contributed by atoms with Crippen molar-refractivity contribution in [3.05, 3.63) is 28.2 Å². The van der Waals surface area contributed by atoms with Crippen molar-refractivity contribution in [3.63, 3.8) is 0 Å². The van der Waals surface area contributed by atoms with Gasteiger partial charge in [-0.15, -0.1) is 10.2 Å². The van der Waals surface area contributed by atoms with Crippen LogP contribution in [-0.2, 0) is 0 Å². The summed E-state index contributed by atoms with van der Waals surface area (Å²) in [6.07, 6.45) is 0. The predicted molar refractivity (Wildman–Crippen MR) is 57.4 cm³/mol. The molecule has 0 aliphatic rings. The van der Waals surface area contributed by atoms with Crippen LogP contribution in [0.5, 0.6) is 0 Å². The van der Waals surface area contributed by atoms with Gasteiger partial charge in [0.1, 0.15) is 11.6 Å². The minimum absolute atomic E-state index is 0.134. The molecule has 78 valence electrons. The van der Waals surface area contributed by atoms with E-state index in [9.17, 15) is 8.78 Å². The molecule has 2 rings (SSSR count). The molecule has 15 heavy (non-hydrogen) atoms. The number of halogens is 3. The predicted octanol–water partition coefficient (Wildman–Crippen LogP) is 2.83. The maximum Gasteiger partial charge on any atom is 0.203 e. The molecule has 1 aromatic carbocycles. The number of aromatic nitrogens is 2. The Morgan fingerprint density at radius 3 is 2.27 bits per heavy atom. The third-order valence-corrected chi connectivity index (χ3v) is 2.89. The fourth-order valence-corrected chi connectivity index (χ4v) is 2.14. The SMILES string of the molecule is Nc1nnc(-c2c(F)cc(Br)cc2F)s1. The van der Waals surface area contributed by atoms with Gasteiger partial charge in [-0.25, -0.2) is 8.78 Å². The molecule has 0 atom stereocenters. The number of anilines is 1. The fourth-order valence-electron chi connectivity index (χ4n) is 1.08. The van der Waals surface area contributed by atoms with Crippen LogP contribution in [0.25, 0.3) is 10.6 Å². The van der Waals surface area contributed by atoms with Gasteiger partial charge in [0.05, 0.1) is 5.56 Å². The summed E-state index contributed by atoms with van der Waals surface area (Å²) in [6, 6.07) is 2.33. The average molecular weight is 292 g/mol. The van der Waals surface area contributed by atoms with Crippen molar-refractivity contribution in [1.29, 1.82) is 0 Å². The van der Waals surface area contributed by atoms with Crippen molar-refractivity contribution in [2.75, 3.05) is 5.73 Å². The molecule has 1 aromatic heterocycles. The average Bonchev–Trinajstić information content (AvgIpc) is 2.49. The molecule has 0 spiro atoms. The lowest BCUT2D eigenvalue weighted by molar-refractivity contribution is 0.587. The van der Waals surface area contributed by atoms with Crippen molar-refractivity contribution in [3.8, 4) is 10.6 Å². The van der Waals surface area contributed by atoms with Crippen molar-refractivity contribution in [2.45, 2.75) is 0 Å². The number of nitrogens with two attached hydrogens (primary N) is 1. The number of rotatable bonds is 1. The van der Waals surface area contributed by atoms with E-state index < -0.39 is 11.6 Å². The molecular formula is C8H4BrF2N3S. The summed E-state index contributed by atoms with van der Waals surface area (Å²) in [7, 11) is 0. The first-order chi connectivity index (χ1) is 7.08. The van der Waals surface area contributed by atoms with Gasteiger partial charge in [0.15, 0.2) is 5.01 Å². The van der Waals surface area contributed by atoms with Crippen LogP contribution in [0.4, 0.5) is 13.9 Å². The van der Waals surface area contributed by atoms with Gasteiger partial charge >= 0.3 is 0 Å². The van der Waals surface area contributed by atoms with E-state index in [1.165, 1.54) is 0 Å². The first-order valence-corrected chi connectivity index (χ1v) is 5.43. The van der Waals surface area contributed by atoms with Crippen LogP contribution < -0.4 is 5.73 Å². The van der Waals surface area contributed by atoms with Crippen LogP contribution in [0.3, 0.4) is 0 Å². The molecule has 0 unspecified atom stereocenters. The smallest absolute Gasteiger partial charge is 0.203 e. The summed E-state index contributed by atoms with van der Waals surface area (Å²) in [5.41, 5.74) is 5.14. The van der Waals surface area contributed by atoms with E-state index in [0.717, 1.165) is 23.5 Å². The molecule has 0 bridgehead atoms. The molecule has 7 heteroatoms. The molecular weight excluding hydrogens is 288 g/mol. The van der Waals surface area contributed by atoms with Gasteiger partial charge in [0.25, 0.3) is 0 Å². The zero-order valence-corrected chi connectivity index (χ0v) is 9.57. The second kappa shape index (κ2) is 3.82. The molecule has 2 N–H and O–H groups in total. The fraction of sp³-hybridized carbons (Fsp3) is 0. The van der Waals surface area contributed by atoms with Crippen molar-refractivity contribution < 1.29 is 8.78 Å². The molecule has 0 aliphatic carbocycles. The lowest BCUT2D eigenvalue weighted by Gasteiger charge is -2.00. The number of benzene rings is 1. The third kappa shape index (κ3) is 1.98. The Bertz CT molecular complexity index is 491. The Hall–Kier alpha value is -1.08. The molecule has 0 saturated heterocycles. The minimum Gasteiger partial charge on any atom is -0.374 e. The summed E-state index contributed by atoms with van der Waals surface area (Å²) in [6.45, 7) is 0. The van der Waals surface area contributed by atoms with Gasteiger partial charge in [-0.1, -0.05) is 27.3 Å². The highest BCUT2D eigenvalue weighted by Gasteiger charge is 2.16. The molecule has 0 radical (unpaired) electrons. The number of nitrogen functional groups attached to an aromatic ring is 1.